The molecule has 0 aliphatic heterocycles. The van der Waals surface area contributed by atoms with Crippen molar-refractivity contribution in [3.8, 4) is 0 Å². The summed E-state index contributed by atoms with van der Waals surface area (Å²) in [6.07, 6.45) is 5.49. The van der Waals surface area contributed by atoms with Gasteiger partial charge in [0.25, 0.3) is 10.1 Å². The summed E-state index contributed by atoms with van der Waals surface area (Å²) in [5.41, 5.74) is 14.9. The molecule has 0 saturated carbocycles. The zero-order valence-electron chi connectivity index (χ0n) is 11.9. The molecule has 0 aromatic carbocycles. The summed E-state index contributed by atoms with van der Waals surface area (Å²) in [7, 11) is -3.67. The standard InChI is InChI=1S/C11H15N5.CH4O3S/c1-7-5-6-14-8-3-2-4-9(10(7)8)15-16-11(12)13;1-5(2,3)4/h5-6H,2-4H2,1H3,(H4,12,13,16);1H3,(H,2,3,4). The SMILES string of the molecule is CS(=O)(=O)O.Cc1ccnc2c1C(=NN=C(N)N)CCC2. The number of aromatic nitrogens is 1. The number of fused-ring (bicyclic) bond motifs is 1. The smallest absolute Gasteiger partial charge is 0.261 e. The minimum atomic E-state index is -3.67. The average molecular weight is 313 g/mol. The normalized spacial score (nSPS) is 15.7. The molecule has 0 fully saturated rings. The van der Waals surface area contributed by atoms with Gasteiger partial charge in [-0.3, -0.25) is 9.54 Å². The van der Waals surface area contributed by atoms with E-state index in [4.69, 9.17) is 16.0 Å². The van der Waals surface area contributed by atoms with Crippen LogP contribution in [-0.2, 0) is 16.5 Å². The number of hydrogen-bond acceptors (Lipinski definition) is 5. The Kier molecular flexibility index (Phi) is 5.79. The minimum absolute atomic E-state index is 0.0128. The van der Waals surface area contributed by atoms with Crippen LogP contribution in [0.25, 0.3) is 0 Å². The number of aryl methyl sites for hydroxylation is 2. The summed E-state index contributed by atoms with van der Waals surface area (Å²) >= 11 is 0. The second-order valence-electron chi connectivity index (χ2n) is 4.61. The van der Waals surface area contributed by atoms with Crippen LogP contribution in [0.15, 0.2) is 22.5 Å². The molecule has 0 atom stereocenters. The van der Waals surface area contributed by atoms with Crippen LogP contribution in [0.4, 0.5) is 0 Å². The van der Waals surface area contributed by atoms with Crippen LogP contribution in [0.1, 0.15) is 29.7 Å². The Morgan fingerprint density at radius 3 is 2.57 bits per heavy atom. The Labute approximate surface area is 123 Å². The highest BCUT2D eigenvalue weighted by Crippen LogP contribution is 2.22. The fourth-order valence-corrected chi connectivity index (χ4v) is 1.96. The summed E-state index contributed by atoms with van der Waals surface area (Å²) in [5.74, 6) is -0.0128. The fourth-order valence-electron chi connectivity index (χ4n) is 1.96. The highest BCUT2D eigenvalue weighted by molar-refractivity contribution is 7.85. The molecule has 116 valence electrons. The number of nitrogens with two attached hydrogens (primary N) is 2. The van der Waals surface area contributed by atoms with E-state index in [-0.39, 0.29) is 5.96 Å². The Hall–Kier alpha value is -2.00. The van der Waals surface area contributed by atoms with E-state index in [1.54, 1.807) is 0 Å². The number of nitrogens with zero attached hydrogens (tertiary/aromatic N) is 3. The second-order valence-corrected chi connectivity index (χ2v) is 6.07. The van der Waals surface area contributed by atoms with Crippen molar-refractivity contribution in [2.45, 2.75) is 26.2 Å². The van der Waals surface area contributed by atoms with Crippen molar-refractivity contribution >= 4 is 21.8 Å². The van der Waals surface area contributed by atoms with Gasteiger partial charge in [-0.15, -0.1) is 5.10 Å². The number of guanidine groups is 1. The molecule has 8 nitrogen and oxygen atoms in total. The van der Waals surface area contributed by atoms with E-state index in [0.29, 0.717) is 6.26 Å². The lowest BCUT2D eigenvalue weighted by Gasteiger charge is -2.17. The van der Waals surface area contributed by atoms with Gasteiger partial charge in [-0.2, -0.15) is 13.5 Å². The monoisotopic (exact) mass is 313 g/mol. The first kappa shape index (κ1) is 17.1. The van der Waals surface area contributed by atoms with Gasteiger partial charge >= 0.3 is 0 Å². The van der Waals surface area contributed by atoms with Crippen molar-refractivity contribution < 1.29 is 13.0 Å². The van der Waals surface area contributed by atoms with Crippen molar-refractivity contribution in [2.75, 3.05) is 6.26 Å². The van der Waals surface area contributed by atoms with Crippen molar-refractivity contribution in [1.82, 2.24) is 4.98 Å². The molecule has 1 aliphatic carbocycles. The maximum Gasteiger partial charge on any atom is 0.261 e. The fraction of sp³-hybridized carbons (Fsp3) is 0.417. The van der Waals surface area contributed by atoms with Crippen molar-refractivity contribution in [3.05, 3.63) is 29.1 Å². The number of hydrogen-bond donors (Lipinski definition) is 3. The predicted molar refractivity (Wildman–Crippen MR) is 81.7 cm³/mol. The van der Waals surface area contributed by atoms with Crippen LogP contribution in [-0.4, -0.2) is 35.9 Å². The highest BCUT2D eigenvalue weighted by atomic mass is 32.2. The van der Waals surface area contributed by atoms with E-state index in [1.165, 1.54) is 5.56 Å². The van der Waals surface area contributed by atoms with Crippen LogP contribution in [0.5, 0.6) is 0 Å². The van der Waals surface area contributed by atoms with E-state index in [0.717, 1.165) is 36.2 Å². The lowest BCUT2D eigenvalue weighted by atomic mass is 9.91. The van der Waals surface area contributed by atoms with Gasteiger partial charge in [0.05, 0.1) is 12.0 Å². The first-order chi connectivity index (χ1) is 9.68. The summed E-state index contributed by atoms with van der Waals surface area (Å²) in [6, 6.07) is 1.98. The topological polar surface area (TPSA) is 144 Å². The van der Waals surface area contributed by atoms with Gasteiger partial charge in [0.1, 0.15) is 0 Å². The van der Waals surface area contributed by atoms with Gasteiger partial charge in [-0.05, 0) is 37.8 Å². The van der Waals surface area contributed by atoms with E-state index in [9.17, 15) is 8.42 Å². The van der Waals surface area contributed by atoms with E-state index in [1.807, 2.05) is 12.3 Å². The van der Waals surface area contributed by atoms with Crippen LogP contribution in [0.3, 0.4) is 0 Å². The summed E-state index contributed by atoms with van der Waals surface area (Å²) < 4.78 is 25.9. The molecule has 0 amide bonds. The van der Waals surface area contributed by atoms with E-state index in [2.05, 4.69) is 22.1 Å². The van der Waals surface area contributed by atoms with Crippen LogP contribution in [0, 0.1) is 6.92 Å². The van der Waals surface area contributed by atoms with Crippen LogP contribution >= 0.6 is 0 Å². The Balaban J connectivity index is 0.000000383. The highest BCUT2D eigenvalue weighted by Gasteiger charge is 2.18. The maximum absolute atomic E-state index is 9.19. The first-order valence-electron chi connectivity index (χ1n) is 6.21. The average Bonchev–Trinajstić information content (AvgIpc) is 2.34. The second kappa shape index (κ2) is 7.14. The Bertz CT molecular complexity index is 655. The van der Waals surface area contributed by atoms with Gasteiger partial charge in [-0.1, -0.05) is 0 Å². The summed E-state index contributed by atoms with van der Waals surface area (Å²) in [4.78, 5) is 4.37. The third-order valence-electron chi connectivity index (χ3n) is 2.64. The Morgan fingerprint density at radius 2 is 2.00 bits per heavy atom. The zero-order chi connectivity index (χ0) is 16.0. The van der Waals surface area contributed by atoms with Crippen LogP contribution in [0.2, 0.25) is 0 Å². The molecular weight excluding hydrogens is 294 g/mol. The third-order valence-corrected chi connectivity index (χ3v) is 2.64. The lowest BCUT2D eigenvalue weighted by molar-refractivity contribution is 0.490. The number of pyridine rings is 1. The molecule has 5 N–H and O–H groups in total. The van der Waals surface area contributed by atoms with Crippen LogP contribution < -0.4 is 11.5 Å². The molecule has 0 unspecified atom stereocenters. The molecule has 1 aliphatic rings. The molecule has 0 spiro atoms. The largest absolute Gasteiger partial charge is 0.369 e. The minimum Gasteiger partial charge on any atom is -0.369 e. The summed E-state index contributed by atoms with van der Waals surface area (Å²) in [5, 5.41) is 7.82. The third kappa shape index (κ3) is 6.32. The Morgan fingerprint density at radius 1 is 1.38 bits per heavy atom. The van der Waals surface area contributed by atoms with Gasteiger partial charge in [-0.25, -0.2) is 0 Å². The van der Waals surface area contributed by atoms with Gasteiger partial charge in [0.2, 0.25) is 5.96 Å². The summed E-state index contributed by atoms with van der Waals surface area (Å²) in [6.45, 7) is 2.05. The van der Waals surface area contributed by atoms with Gasteiger partial charge in [0.15, 0.2) is 0 Å². The van der Waals surface area contributed by atoms with E-state index < -0.39 is 10.1 Å². The molecule has 2 rings (SSSR count). The maximum atomic E-state index is 9.19. The predicted octanol–water partition coefficient (Wildman–Crippen LogP) is 0.208. The lowest BCUT2D eigenvalue weighted by Crippen LogP contribution is -2.22. The molecule has 9 heteroatoms. The molecule has 0 bridgehead atoms. The molecule has 21 heavy (non-hydrogen) atoms. The van der Waals surface area contributed by atoms with Gasteiger partial charge in [0, 0.05) is 17.5 Å². The molecule has 1 heterocycles. The van der Waals surface area contributed by atoms with Crippen molar-refractivity contribution in [3.63, 3.8) is 0 Å². The number of rotatable bonds is 1. The van der Waals surface area contributed by atoms with Crippen molar-refractivity contribution in [2.24, 2.45) is 21.7 Å². The van der Waals surface area contributed by atoms with Crippen molar-refractivity contribution in [1.29, 1.82) is 0 Å². The van der Waals surface area contributed by atoms with E-state index >= 15 is 0 Å². The molecule has 0 saturated heterocycles. The molecule has 1 aromatic rings. The molecular formula is C12H19N5O3S. The van der Waals surface area contributed by atoms with Gasteiger partial charge < -0.3 is 11.5 Å². The quantitative estimate of drug-likeness (QED) is 0.292. The zero-order valence-corrected chi connectivity index (χ0v) is 12.8. The molecule has 1 aromatic heterocycles. The molecule has 0 radical (unpaired) electrons. The first-order valence-corrected chi connectivity index (χ1v) is 8.06.